The molecule has 1 unspecified atom stereocenters. The Hall–Kier alpha value is -0.430. The molecule has 6 heteroatoms. The van der Waals surface area contributed by atoms with Gasteiger partial charge in [-0.1, -0.05) is 12.8 Å². The van der Waals surface area contributed by atoms with Crippen LogP contribution in [0.4, 0.5) is 0 Å². The van der Waals surface area contributed by atoms with E-state index in [2.05, 4.69) is 4.72 Å². The van der Waals surface area contributed by atoms with Crippen molar-refractivity contribution in [2.45, 2.75) is 43.7 Å². The fourth-order valence-corrected chi connectivity index (χ4v) is 4.54. The molecule has 17 heavy (non-hydrogen) atoms. The molecule has 0 aromatic carbocycles. The smallest absolute Gasteiger partial charge is 0.241 e. The predicted molar refractivity (Wildman–Crippen MR) is 69.3 cm³/mol. The first kappa shape index (κ1) is 13.0. The molecule has 1 heterocycles. The number of hydrogen-bond donors (Lipinski definition) is 2. The van der Waals surface area contributed by atoms with Crippen molar-refractivity contribution in [2.24, 2.45) is 11.7 Å². The fraction of sp³-hybridized carbons (Fsp3) is 0.636. The monoisotopic (exact) mass is 274 g/mol. The molecule has 1 aromatic rings. The first-order chi connectivity index (χ1) is 8.03. The number of nitrogens with one attached hydrogen (secondary N) is 1. The van der Waals surface area contributed by atoms with Gasteiger partial charge in [-0.05, 0) is 30.7 Å². The average Bonchev–Trinajstić information content (AvgIpc) is 2.92. The maximum atomic E-state index is 12.1. The lowest BCUT2D eigenvalue weighted by Crippen LogP contribution is -2.33. The van der Waals surface area contributed by atoms with Gasteiger partial charge in [-0.2, -0.15) is 0 Å². The normalized spacial score (nSPS) is 18.2. The molecule has 0 radical (unpaired) electrons. The maximum absolute atomic E-state index is 12.1. The van der Waals surface area contributed by atoms with Crippen molar-refractivity contribution in [1.82, 2.24) is 4.72 Å². The minimum Gasteiger partial charge on any atom is -0.326 e. The summed E-state index contributed by atoms with van der Waals surface area (Å²) in [6.45, 7) is 2.19. The molecule has 0 bridgehead atoms. The highest BCUT2D eigenvalue weighted by molar-refractivity contribution is 7.89. The topological polar surface area (TPSA) is 72.2 Å². The van der Waals surface area contributed by atoms with Crippen LogP contribution in [0.3, 0.4) is 0 Å². The van der Waals surface area contributed by atoms with E-state index in [0.717, 1.165) is 11.3 Å². The van der Waals surface area contributed by atoms with Crippen LogP contribution in [-0.2, 0) is 16.6 Å². The molecule has 2 rings (SSSR count). The van der Waals surface area contributed by atoms with Gasteiger partial charge in [-0.3, -0.25) is 0 Å². The SMILES string of the molecule is CC(CC1CC1)NS(=O)(=O)c1ccsc1CN. The Labute approximate surface area is 106 Å². The molecule has 0 amide bonds. The Balaban J connectivity index is 2.07. The van der Waals surface area contributed by atoms with Crippen LogP contribution in [-0.4, -0.2) is 14.5 Å². The van der Waals surface area contributed by atoms with Crippen LogP contribution in [0.15, 0.2) is 16.3 Å². The zero-order chi connectivity index (χ0) is 12.5. The Morgan fingerprint density at radius 3 is 2.88 bits per heavy atom. The van der Waals surface area contributed by atoms with E-state index in [1.807, 2.05) is 6.92 Å². The quantitative estimate of drug-likeness (QED) is 0.829. The van der Waals surface area contributed by atoms with Gasteiger partial charge < -0.3 is 5.73 Å². The minimum absolute atomic E-state index is 0.00183. The summed E-state index contributed by atoms with van der Waals surface area (Å²) in [5.74, 6) is 0.712. The Kier molecular flexibility index (Phi) is 3.87. The second kappa shape index (κ2) is 5.06. The van der Waals surface area contributed by atoms with Crippen molar-refractivity contribution in [3.8, 4) is 0 Å². The van der Waals surface area contributed by atoms with Crippen LogP contribution < -0.4 is 10.5 Å². The van der Waals surface area contributed by atoms with Crippen LogP contribution in [0.1, 0.15) is 31.1 Å². The van der Waals surface area contributed by atoms with Gasteiger partial charge in [0.1, 0.15) is 0 Å². The van der Waals surface area contributed by atoms with Gasteiger partial charge in [-0.15, -0.1) is 11.3 Å². The second-order valence-corrected chi connectivity index (χ2v) is 7.30. The minimum atomic E-state index is -3.40. The van der Waals surface area contributed by atoms with Crippen molar-refractivity contribution in [2.75, 3.05) is 0 Å². The molecule has 4 nitrogen and oxygen atoms in total. The van der Waals surface area contributed by atoms with Gasteiger partial charge in [0, 0.05) is 17.5 Å². The van der Waals surface area contributed by atoms with E-state index in [1.165, 1.54) is 24.2 Å². The van der Waals surface area contributed by atoms with Crippen LogP contribution in [0.2, 0.25) is 0 Å². The van der Waals surface area contributed by atoms with Gasteiger partial charge in [0.15, 0.2) is 0 Å². The molecule has 1 aliphatic carbocycles. The maximum Gasteiger partial charge on any atom is 0.241 e. The van der Waals surface area contributed by atoms with Gasteiger partial charge >= 0.3 is 0 Å². The van der Waals surface area contributed by atoms with Crippen LogP contribution in [0, 0.1) is 5.92 Å². The summed E-state index contributed by atoms with van der Waals surface area (Å²) < 4.78 is 27.0. The molecule has 1 fully saturated rings. The molecule has 1 atom stereocenters. The molecular weight excluding hydrogens is 256 g/mol. The highest BCUT2D eigenvalue weighted by Gasteiger charge is 2.27. The van der Waals surface area contributed by atoms with Crippen molar-refractivity contribution < 1.29 is 8.42 Å². The Bertz CT molecular complexity index is 477. The molecule has 96 valence electrons. The summed E-state index contributed by atoms with van der Waals surface area (Å²) in [7, 11) is -3.40. The number of sulfonamides is 1. The first-order valence-electron chi connectivity index (χ1n) is 5.81. The van der Waals surface area contributed by atoms with Crippen molar-refractivity contribution in [3.05, 3.63) is 16.3 Å². The molecular formula is C11H18N2O2S2. The van der Waals surface area contributed by atoms with Gasteiger partial charge in [0.25, 0.3) is 0 Å². The standard InChI is InChI=1S/C11H18N2O2S2/c1-8(6-9-2-3-9)13-17(14,15)11-4-5-16-10(11)7-12/h4-5,8-9,13H,2-3,6-7,12H2,1H3. The van der Waals surface area contributed by atoms with Gasteiger partial charge in [0.2, 0.25) is 10.0 Å². The number of nitrogens with two attached hydrogens (primary N) is 1. The molecule has 3 N–H and O–H groups in total. The molecule has 0 saturated heterocycles. The summed E-state index contributed by atoms with van der Waals surface area (Å²) in [5.41, 5.74) is 5.53. The van der Waals surface area contributed by atoms with Crippen molar-refractivity contribution in [3.63, 3.8) is 0 Å². The number of rotatable bonds is 6. The first-order valence-corrected chi connectivity index (χ1v) is 8.18. The highest BCUT2D eigenvalue weighted by Crippen LogP contribution is 2.33. The van der Waals surface area contributed by atoms with E-state index >= 15 is 0 Å². The summed E-state index contributed by atoms with van der Waals surface area (Å²) in [6, 6.07) is 1.62. The molecule has 0 aliphatic heterocycles. The largest absolute Gasteiger partial charge is 0.326 e. The van der Waals surface area contributed by atoms with Crippen molar-refractivity contribution in [1.29, 1.82) is 0 Å². The molecule has 1 aromatic heterocycles. The summed E-state index contributed by atoms with van der Waals surface area (Å²) in [6.07, 6.45) is 3.40. The average molecular weight is 274 g/mol. The van der Waals surface area contributed by atoms with E-state index < -0.39 is 10.0 Å². The Morgan fingerprint density at radius 1 is 1.59 bits per heavy atom. The van der Waals surface area contributed by atoms with E-state index in [-0.39, 0.29) is 12.6 Å². The van der Waals surface area contributed by atoms with Crippen LogP contribution in [0.25, 0.3) is 0 Å². The van der Waals surface area contributed by atoms with Crippen molar-refractivity contribution >= 4 is 21.4 Å². The molecule has 0 spiro atoms. The Morgan fingerprint density at radius 2 is 2.29 bits per heavy atom. The lowest BCUT2D eigenvalue weighted by Gasteiger charge is -2.13. The van der Waals surface area contributed by atoms with E-state index in [1.54, 1.807) is 11.4 Å². The third-order valence-corrected chi connectivity index (χ3v) is 5.67. The van der Waals surface area contributed by atoms with E-state index in [0.29, 0.717) is 10.8 Å². The summed E-state index contributed by atoms with van der Waals surface area (Å²) in [4.78, 5) is 1.06. The summed E-state index contributed by atoms with van der Waals surface area (Å²) >= 11 is 1.39. The van der Waals surface area contributed by atoms with Gasteiger partial charge in [-0.25, -0.2) is 13.1 Å². The third-order valence-electron chi connectivity index (χ3n) is 2.92. The van der Waals surface area contributed by atoms with Crippen LogP contribution in [0.5, 0.6) is 0 Å². The van der Waals surface area contributed by atoms with E-state index in [4.69, 9.17) is 5.73 Å². The van der Waals surface area contributed by atoms with Crippen LogP contribution >= 0.6 is 11.3 Å². The highest BCUT2D eigenvalue weighted by atomic mass is 32.2. The fourth-order valence-electron chi connectivity index (χ4n) is 1.95. The van der Waals surface area contributed by atoms with Gasteiger partial charge in [0.05, 0.1) is 4.90 Å². The second-order valence-electron chi connectivity index (χ2n) is 4.61. The van der Waals surface area contributed by atoms with E-state index in [9.17, 15) is 8.42 Å². The lowest BCUT2D eigenvalue weighted by atomic mass is 10.2. The zero-order valence-electron chi connectivity index (χ0n) is 9.85. The third kappa shape index (κ3) is 3.28. The lowest BCUT2D eigenvalue weighted by molar-refractivity contribution is 0.529. The summed E-state index contributed by atoms with van der Waals surface area (Å²) in [5, 5.41) is 1.77. The molecule has 1 aliphatic rings. The molecule has 1 saturated carbocycles. The predicted octanol–water partition coefficient (Wildman–Crippen LogP) is 1.67. The zero-order valence-corrected chi connectivity index (χ0v) is 11.5. The number of thiophene rings is 1. The number of hydrogen-bond acceptors (Lipinski definition) is 4.